The van der Waals surface area contributed by atoms with Crippen LogP contribution in [0, 0.1) is 6.92 Å². The molecule has 0 aliphatic heterocycles. The summed E-state index contributed by atoms with van der Waals surface area (Å²) in [5.41, 5.74) is 1.11. The number of alkyl halides is 4. The molecule has 0 saturated heterocycles. The van der Waals surface area contributed by atoms with Crippen LogP contribution in [0.2, 0.25) is 0 Å². The molecule has 78 valence electrons. The van der Waals surface area contributed by atoms with Gasteiger partial charge in [0.1, 0.15) is 5.75 Å². The second-order valence-corrected chi connectivity index (χ2v) is 2.88. The summed E-state index contributed by atoms with van der Waals surface area (Å²) in [6.07, 6.45) is -3.69. The van der Waals surface area contributed by atoms with Crippen molar-refractivity contribution in [2.24, 2.45) is 0 Å². The van der Waals surface area contributed by atoms with Crippen molar-refractivity contribution in [2.45, 2.75) is 19.2 Å². The third kappa shape index (κ3) is 3.06. The van der Waals surface area contributed by atoms with Crippen LogP contribution in [0.1, 0.15) is 11.3 Å². The van der Waals surface area contributed by atoms with Crippen LogP contribution in [0.25, 0.3) is 0 Å². The van der Waals surface area contributed by atoms with Gasteiger partial charge in [0.25, 0.3) is 0 Å². The Morgan fingerprint density at radius 2 is 2.14 bits per heavy atom. The van der Waals surface area contributed by atoms with Gasteiger partial charge in [-0.15, -0.1) is 24.8 Å². The molecule has 0 spiro atoms. The molecule has 14 heavy (non-hydrogen) atoms. The summed E-state index contributed by atoms with van der Waals surface area (Å²) in [6.45, 7) is 1.62. The fourth-order valence-electron chi connectivity index (χ4n) is 0.907. The lowest BCUT2D eigenvalue weighted by atomic mass is 10.2. The van der Waals surface area contributed by atoms with E-state index in [1.54, 1.807) is 6.92 Å². The molecule has 6 heteroatoms. The van der Waals surface area contributed by atoms with Crippen LogP contribution in [0.5, 0.6) is 5.75 Å². The van der Waals surface area contributed by atoms with E-state index in [0.29, 0.717) is 11.3 Å². The van der Waals surface area contributed by atoms with Crippen molar-refractivity contribution in [1.29, 1.82) is 0 Å². The van der Waals surface area contributed by atoms with Crippen LogP contribution in [0.15, 0.2) is 12.3 Å². The van der Waals surface area contributed by atoms with Crippen LogP contribution in [-0.4, -0.2) is 11.3 Å². The Hall–Kier alpha value is -0.970. The first-order valence-corrected chi connectivity index (χ1v) is 4.23. The van der Waals surface area contributed by atoms with Crippen molar-refractivity contribution in [2.75, 3.05) is 0 Å². The summed E-state index contributed by atoms with van der Waals surface area (Å²) in [5, 5.41) is 0. The average molecular weight is 226 g/mol. The zero-order chi connectivity index (χ0) is 10.8. The molecule has 0 saturated carbocycles. The van der Waals surface area contributed by atoms with Crippen LogP contribution in [0.4, 0.5) is 13.2 Å². The lowest BCUT2D eigenvalue weighted by molar-refractivity contribution is -0.274. The molecule has 0 atom stereocenters. The highest BCUT2D eigenvalue weighted by Gasteiger charge is 2.31. The number of aryl methyl sites for hydroxylation is 1. The van der Waals surface area contributed by atoms with Gasteiger partial charge in [-0.05, 0) is 18.6 Å². The van der Waals surface area contributed by atoms with Gasteiger partial charge in [-0.3, -0.25) is 4.98 Å². The molecule has 1 aromatic heterocycles. The molecule has 1 aromatic rings. The highest BCUT2D eigenvalue weighted by molar-refractivity contribution is 6.17. The lowest BCUT2D eigenvalue weighted by Crippen LogP contribution is -2.17. The van der Waals surface area contributed by atoms with E-state index in [9.17, 15) is 13.2 Å². The molecular weight excluding hydrogens is 219 g/mol. The monoisotopic (exact) mass is 225 g/mol. The van der Waals surface area contributed by atoms with E-state index in [2.05, 4.69) is 9.72 Å². The van der Waals surface area contributed by atoms with E-state index in [-0.39, 0.29) is 11.6 Å². The first kappa shape index (κ1) is 11.1. The first-order chi connectivity index (χ1) is 6.42. The largest absolute Gasteiger partial charge is 0.573 e. The van der Waals surface area contributed by atoms with Gasteiger partial charge in [-0.25, -0.2) is 0 Å². The fourth-order valence-corrected chi connectivity index (χ4v) is 1.19. The number of rotatable bonds is 2. The van der Waals surface area contributed by atoms with E-state index >= 15 is 0 Å². The quantitative estimate of drug-likeness (QED) is 0.722. The van der Waals surface area contributed by atoms with Gasteiger partial charge in [0.2, 0.25) is 0 Å². The van der Waals surface area contributed by atoms with Gasteiger partial charge in [0, 0.05) is 0 Å². The van der Waals surface area contributed by atoms with Crippen molar-refractivity contribution in [3.05, 3.63) is 23.5 Å². The van der Waals surface area contributed by atoms with Crippen LogP contribution in [-0.2, 0) is 5.88 Å². The fraction of sp³-hybridized carbons (Fsp3) is 0.375. The van der Waals surface area contributed by atoms with Gasteiger partial charge in [0.05, 0.1) is 17.8 Å². The van der Waals surface area contributed by atoms with Crippen molar-refractivity contribution in [3.63, 3.8) is 0 Å². The maximum atomic E-state index is 11.8. The minimum absolute atomic E-state index is 0.165. The minimum atomic E-state index is -4.68. The van der Waals surface area contributed by atoms with Crippen LogP contribution >= 0.6 is 11.6 Å². The van der Waals surface area contributed by atoms with Crippen molar-refractivity contribution >= 4 is 11.6 Å². The second kappa shape index (κ2) is 4.04. The smallest absolute Gasteiger partial charge is 0.404 e. The van der Waals surface area contributed by atoms with E-state index in [0.717, 1.165) is 6.20 Å². The van der Waals surface area contributed by atoms with E-state index in [4.69, 9.17) is 11.6 Å². The molecule has 0 fully saturated rings. The van der Waals surface area contributed by atoms with Gasteiger partial charge in [-0.2, -0.15) is 0 Å². The minimum Gasteiger partial charge on any atom is -0.404 e. The molecular formula is C8H7ClF3NO. The Balaban J connectivity index is 2.87. The normalized spacial score (nSPS) is 11.5. The standard InChI is InChI=1S/C8H7ClF3NO/c1-5-2-6(14-8(10,11)12)4-13-7(5)3-9/h2,4H,3H2,1H3. The Labute approximate surface area is 83.7 Å². The number of aromatic nitrogens is 1. The van der Waals surface area contributed by atoms with E-state index in [1.165, 1.54) is 6.07 Å². The zero-order valence-electron chi connectivity index (χ0n) is 7.23. The van der Waals surface area contributed by atoms with Crippen molar-refractivity contribution in [1.82, 2.24) is 4.98 Å². The molecule has 1 rings (SSSR count). The van der Waals surface area contributed by atoms with E-state index in [1.807, 2.05) is 0 Å². The maximum Gasteiger partial charge on any atom is 0.573 e. The molecule has 0 radical (unpaired) electrons. The number of nitrogens with zero attached hydrogens (tertiary/aromatic N) is 1. The van der Waals surface area contributed by atoms with Gasteiger partial charge >= 0.3 is 6.36 Å². The average Bonchev–Trinajstić information content (AvgIpc) is 2.01. The Morgan fingerprint density at radius 1 is 1.50 bits per heavy atom. The molecule has 0 unspecified atom stereocenters. The highest BCUT2D eigenvalue weighted by Crippen LogP contribution is 2.23. The first-order valence-electron chi connectivity index (χ1n) is 3.69. The topological polar surface area (TPSA) is 22.1 Å². The molecule has 2 nitrogen and oxygen atoms in total. The summed E-state index contributed by atoms with van der Waals surface area (Å²) in [4.78, 5) is 3.72. The Kier molecular flexibility index (Phi) is 3.21. The number of halogens is 4. The lowest BCUT2D eigenvalue weighted by Gasteiger charge is -2.09. The van der Waals surface area contributed by atoms with Gasteiger partial charge in [-0.1, -0.05) is 0 Å². The Morgan fingerprint density at radius 3 is 2.57 bits per heavy atom. The number of pyridine rings is 1. The summed E-state index contributed by atoms with van der Waals surface area (Å²) in [5.74, 6) is -0.165. The summed E-state index contributed by atoms with van der Waals surface area (Å²) in [6, 6.07) is 1.25. The highest BCUT2D eigenvalue weighted by atomic mass is 35.5. The molecule has 0 aliphatic carbocycles. The van der Waals surface area contributed by atoms with E-state index < -0.39 is 6.36 Å². The number of hydrogen-bond acceptors (Lipinski definition) is 2. The number of hydrogen-bond donors (Lipinski definition) is 0. The van der Waals surface area contributed by atoms with Crippen molar-refractivity contribution in [3.8, 4) is 5.75 Å². The molecule has 0 bridgehead atoms. The predicted molar refractivity (Wildman–Crippen MR) is 45.2 cm³/mol. The summed E-state index contributed by atoms with van der Waals surface area (Å²) in [7, 11) is 0. The second-order valence-electron chi connectivity index (χ2n) is 2.62. The number of ether oxygens (including phenoxy) is 1. The molecule has 0 aliphatic rings. The third-order valence-electron chi connectivity index (χ3n) is 1.52. The van der Waals surface area contributed by atoms with Crippen LogP contribution in [0.3, 0.4) is 0 Å². The predicted octanol–water partition coefficient (Wildman–Crippen LogP) is 3.03. The van der Waals surface area contributed by atoms with Crippen molar-refractivity contribution < 1.29 is 17.9 Å². The third-order valence-corrected chi connectivity index (χ3v) is 1.77. The van der Waals surface area contributed by atoms with Gasteiger partial charge < -0.3 is 4.74 Å². The maximum absolute atomic E-state index is 11.8. The molecule has 0 N–H and O–H groups in total. The zero-order valence-corrected chi connectivity index (χ0v) is 7.99. The molecule has 0 amide bonds. The summed E-state index contributed by atoms with van der Waals surface area (Å²) >= 11 is 5.49. The summed E-state index contributed by atoms with van der Waals surface area (Å²) < 4.78 is 39.0. The van der Waals surface area contributed by atoms with Gasteiger partial charge in [0.15, 0.2) is 0 Å². The molecule has 1 heterocycles. The molecule has 0 aromatic carbocycles. The SMILES string of the molecule is Cc1cc(OC(F)(F)F)cnc1CCl. The van der Waals surface area contributed by atoms with Crippen LogP contribution < -0.4 is 4.74 Å². The Bertz CT molecular complexity index is 327.